The van der Waals surface area contributed by atoms with Crippen molar-refractivity contribution in [1.82, 2.24) is 0 Å². The van der Waals surface area contributed by atoms with Crippen molar-refractivity contribution in [2.45, 2.75) is 43.6 Å². The summed E-state index contributed by atoms with van der Waals surface area (Å²) in [6, 6.07) is 7.27. The summed E-state index contributed by atoms with van der Waals surface area (Å²) in [6.07, 6.45) is 7.58. The van der Waals surface area contributed by atoms with Crippen molar-refractivity contribution in [3.8, 4) is 5.75 Å². The minimum atomic E-state index is -0.446. The molecule has 25 heavy (non-hydrogen) atoms. The van der Waals surface area contributed by atoms with Gasteiger partial charge in [0.15, 0.2) is 0 Å². The number of hydrogen-bond donors (Lipinski definition) is 2. The van der Waals surface area contributed by atoms with Crippen LogP contribution < -0.4 is 4.74 Å². The van der Waals surface area contributed by atoms with E-state index in [2.05, 4.69) is 18.7 Å². The minimum Gasteiger partial charge on any atom is -0.513 e. The van der Waals surface area contributed by atoms with E-state index in [9.17, 15) is 5.11 Å². The number of unbranched alkanes of at least 4 members (excludes halogenated alkanes) is 1. The number of aliphatic hydroxyl groups is 2. The van der Waals surface area contributed by atoms with E-state index in [4.69, 9.17) is 33.0 Å². The summed E-state index contributed by atoms with van der Waals surface area (Å²) in [7, 11) is 0. The van der Waals surface area contributed by atoms with Crippen LogP contribution in [-0.2, 0) is 0 Å². The van der Waals surface area contributed by atoms with E-state index in [1.54, 1.807) is 12.1 Å². The molecule has 0 bridgehead atoms. The lowest BCUT2D eigenvalue weighted by molar-refractivity contribution is 0.0807. The van der Waals surface area contributed by atoms with Gasteiger partial charge < -0.3 is 14.9 Å². The molecule has 138 valence electrons. The van der Waals surface area contributed by atoms with E-state index in [0.717, 1.165) is 19.3 Å². The zero-order valence-electron chi connectivity index (χ0n) is 14.3. The first-order chi connectivity index (χ1) is 12.0. The third-order valence-corrected chi connectivity index (χ3v) is 5.36. The first-order valence-electron chi connectivity index (χ1n) is 8.69. The van der Waals surface area contributed by atoms with Gasteiger partial charge in [-0.3, -0.25) is 0 Å². The Morgan fingerprint density at radius 1 is 1.32 bits per heavy atom. The molecule has 0 radical (unpaired) electrons. The van der Waals surface area contributed by atoms with E-state index in [1.165, 1.54) is 0 Å². The molecule has 4 atom stereocenters. The fourth-order valence-corrected chi connectivity index (χ4v) is 3.89. The van der Waals surface area contributed by atoms with Crippen LogP contribution in [0.1, 0.15) is 32.1 Å². The molecule has 0 spiro atoms. The highest BCUT2D eigenvalue weighted by atomic mass is 35.5. The van der Waals surface area contributed by atoms with Crippen LogP contribution in [-0.4, -0.2) is 28.3 Å². The Labute approximate surface area is 159 Å². The lowest BCUT2D eigenvalue weighted by atomic mass is 9.92. The van der Waals surface area contributed by atoms with Gasteiger partial charge in [0.25, 0.3) is 0 Å². The standard InChI is InChI=1S/C20H26Cl2O3/c1-14(23)7-4-2-3-5-10-17-18(20(24)12-19(17)22)13-25-16-9-6-8-15(21)11-16/h3,5-6,8-9,11,17-20,23-24H,1-2,4,7,10,12-13H2/b5-3-/t17-,18-,19-,20-/m1/s1. The van der Waals surface area contributed by atoms with Crippen LogP contribution in [0.4, 0.5) is 0 Å². The number of benzene rings is 1. The first kappa shape index (κ1) is 20.2. The average molecular weight is 385 g/mol. The van der Waals surface area contributed by atoms with Crippen molar-refractivity contribution in [3.63, 3.8) is 0 Å². The largest absolute Gasteiger partial charge is 0.513 e. The second kappa shape index (κ2) is 10.1. The highest BCUT2D eigenvalue weighted by Crippen LogP contribution is 2.39. The molecule has 3 nitrogen and oxygen atoms in total. The van der Waals surface area contributed by atoms with Gasteiger partial charge in [-0.25, -0.2) is 0 Å². The van der Waals surface area contributed by atoms with Gasteiger partial charge in [-0.1, -0.05) is 36.4 Å². The average Bonchev–Trinajstić information content (AvgIpc) is 2.82. The van der Waals surface area contributed by atoms with E-state index >= 15 is 0 Å². The fraction of sp³-hybridized carbons (Fsp3) is 0.500. The number of rotatable bonds is 9. The topological polar surface area (TPSA) is 49.7 Å². The lowest BCUT2D eigenvalue weighted by Gasteiger charge is -2.22. The Balaban J connectivity index is 1.84. The molecule has 0 amide bonds. The van der Waals surface area contributed by atoms with E-state index in [1.807, 2.05) is 12.1 Å². The maximum absolute atomic E-state index is 10.3. The van der Waals surface area contributed by atoms with Gasteiger partial charge in [-0.05, 0) is 49.8 Å². The number of allylic oxidation sites excluding steroid dienone is 3. The van der Waals surface area contributed by atoms with Crippen LogP contribution in [0.2, 0.25) is 5.02 Å². The maximum Gasteiger partial charge on any atom is 0.120 e. The summed E-state index contributed by atoms with van der Waals surface area (Å²) in [5.41, 5.74) is 0. The van der Waals surface area contributed by atoms with Crippen molar-refractivity contribution >= 4 is 23.2 Å². The molecule has 5 heteroatoms. The number of hydrogen-bond acceptors (Lipinski definition) is 3. The smallest absolute Gasteiger partial charge is 0.120 e. The van der Waals surface area contributed by atoms with Gasteiger partial charge in [0.2, 0.25) is 0 Å². The molecule has 2 N–H and O–H groups in total. The normalized spacial score (nSPS) is 26.2. The summed E-state index contributed by atoms with van der Waals surface area (Å²) in [5.74, 6) is 1.12. The number of ether oxygens (including phenoxy) is 1. The van der Waals surface area contributed by atoms with E-state index in [-0.39, 0.29) is 23.0 Å². The predicted octanol–water partition coefficient (Wildman–Crippen LogP) is 5.51. The van der Waals surface area contributed by atoms with Gasteiger partial charge in [-0.15, -0.1) is 11.6 Å². The Bertz CT molecular complexity index is 588. The molecule has 0 aromatic heterocycles. The number of aliphatic hydroxyl groups excluding tert-OH is 2. The van der Waals surface area contributed by atoms with Crippen LogP contribution in [0.3, 0.4) is 0 Å². The molecule has 0 heterocycles. The fourth-order valence-electron chi connectivity index (χ4n) is 3.24. The molecule has 1 saturated carbocycles. The Morgan fingerprint density at radius 2 is 2.12 bits per heavy atom. The second-order valence-corrected chi connectivity index (χ2v) is 7.58. The molecule has 1 aromatic rings. The van der Waals surface area contributed by atoms with Crippen molar-refractivity contribution < 1.29 is 14.9 Å². The molecule has 2 rings (SSSR count). The minimum absolute atomic E-state index is 0.00310. The van der Waals surface area contributed by atoms with Crippen molar-refractivity contribution in [2.24, 2.45) is 11.8 Å². The van der Waals surface area contributed by atoms with Crippen molar-refractivity contribution in [1.29, 1.82) is 0 Å². The third kappa shape index (κ3) is 6.58. The molecule has 1 aliphatic rings. The van der Waals surface area contributed by atoms with Gasteiger partial charge in [0, 0.05) is 22.7 Å². The molecular formula is C20H26Cl2O3. The SMILES string of the molecule is C=C(O)CCC/C=C\C[C@@H]1[C@@H](COc2cccc(Cl)c2)[C@H](O)C[C@H]1Cl. The van der Waals surface area contributed by atoms with Crippen LogP contribution in [0.5, 0.6) is 5.75 Å². The van der Waals surface area contributed by atoms with Gasteiger partial charge in [-0.2, -0.15) is 0 Å². The van der Waals surface area contributed by atoms with Crippen molar-refractivity contribution in [2.75, 3.05) is 6.61 Å². The zero-order chi connectivity index (χ0) is 18.2. The molecule has 1 aromatic carbocycles. The monoisotopic (exact) mass is 384 g/mol. The second-order valence-electron chi connectivity index (χ2n) is 6.58. The quantitative estimate of drug-likeness (QED) is 0.255. The number of halogens is 2. The van der Waals surface area contributed by atoms with Gasteiger partial charge >= 0.3 is 0 Å². The van der Waals surface area contributed by atoms with Gasteiger partial charge in [0.1, 0.15) is 5.75 Å². The lowest BCUT2D eigenvalue weighted by Crippen LogP contribution is -2.27. The van der Waals surface area contributed by atoms with E-state index < -0.39 is 6.10 Å². The summed E-state index contributed by atoms with van der Waals surface area (Å²) >= 11 is 12.4. The summed E-state index contributed by atoms with van der Waals surface area (Å²) in [4.78, 5) is 0. The van der Waals surface area contributed by atoms with Crippen molar-refractivity contribution in [3.05, 3.63) is 53.8 Å². The van der Waals surface area contributed by atoms with Crippen LogP contribution in [0, 0.1) is 11.8 Å². The molecular weight excluding hydrogens is 359 g/mol. The molecule has 0 unspecified atom stereocenters. The Hall–Kier alpha value is -1.16. The summed E-state index contributed by atoms with van der Waals surface area (Å²) < 4.78 is 5.83. The highest BCUT2D eigenvalue weighted by Gasteiger charge is 2.41. The highest BCUT2D eigenvalue weighted by molar-refractivity contribution is 6.30. The first-order valence-corrected chi connectivity index (χ1v) is 9.51. The Morgan fingerprint density at radius 3 is 2.84 bits per heavy atom. The molecule has 1 fully saturated rings. The zero-order valence-corrected chi connectivity index (χ0v) is 15.8. The van der Waals surface area contributed by atoms with E-state index in [0.29, 0.717) is 30.2 Å². The molecule has 0 saturated heterocycles. The van der Waals surface area contributed by atoms with Crippen LogP contribution in [0.15, 0.2) is 48.8 Å². The number of alkyl halides is 1. The third-order valence-electron chi connectivity index (χ3n) is 4.63. The van der Waals surface area contributed by atoms with Crippen LogP contribution >= 0.6 is 23.2 Å². The van der Waals surface area contributed by atoms with Crippen LogP contribution in [0.25, 0.3) is 0 Å². The molecule has 1 aliphatic carbocycles. The predicted molar refractivity (Wildman–Crippen MR) is 104 cm³/mol. The molecule has 0 aliphatic heterocycles. The summed E-state index contributed by atoms with van der Waals surface area (Å²) in [5, 5.41) is 20.0. The Kier molecular flexibility index (Phi) is 8.14. The summed E-state index contributed by atoms with van der Waals surface area (Å²) in [6.45, 7) is 3.90. The maximum atomic E-state index is 10.3. The van der Waals surface area contributed by atoms with Gasteiger partial charge in [0.05, 0.1) is 18.5 Å².